The molecular weight excluding hydrogens is 178 g/mol. The number of hydrogen-bond acceptors (Lipinski definition) is 3. The number of nitrogens with one attached hydrogen (secondary N) is 1. The Morgan fingerprint density at radius 1 is 1.50 bits per heavy atom. The lowest BCUT2D eigenvalue weighted by Crippen LogP contribution is -2.40. The van der Waals surface area contributed by atoms with E-state index < -0.39 is 0 Å². The Morgan fingerprint density at radius 2 is 2.14 bits per heavy atom. The molecule has 14 heavy (non-hydrogen) atoms. The van der Waals surface area contributed by atoms with Crippen LogP contribution in [0.5, 0.6) is 0 Å². The van der Waals surface area contributed by atoms with Gasteiger partial charge >= 0.3 is 0 Å². The average Bonchev–Trinajstić information content (AvgIpc) is 2.17. The molecule has 1 heterocycles. The Labute approximate surface area is 85.8 Å². The highest BCUT2D eigenvalue weighted by molar-refractivity contribution is 5.75. The average molecular weight is 199 g/mol. The molecule has 0 radical (unpaired) electrons. The predicted octanol–water partition coefficient (Wildman–Crippen LogP) is -0.207. The van der Waals surface area contributed by atoms with E-state index in [-0.39, 0.29) is 5.91 Å². The summed E-state index contributed by atoms with van der Waals surface area (Å²) in [5.74, 6) is 0.510. The van der Waals surface area contributed by atoms with Crippen LogP contribution in [0.2, 0.25) is 0 Å². The third-order valence-electron chi connectivity index (χ3n) is 2.80. The fourth-order valence-electron chi connectivity index (χ4n) is 1.96. The van der Waals surface area contributed by atoms with Gasteiger partial charge in [0.15, 0.2) is 0 Å². The molecule has 3 N–H and O–H groups in total. The van der Waals surface area contributed by atoms with Gasteiger partial charge in [-0.15, -0.1) is 0 Å². The van der Waals surface area contributed by atoms with Crippen molar-refractivity contribution in [2.24, 2.45) is 11.7 Å². The minimum Gasteiger partial charge on any atom is -0.369 e. The van der Waals surface area contributed by atoms with E-state index in [4.69, 9.17) is 5.73 Å². The Kier molecular flexibility index (Phi) is 4.90. The maximum absolute atomic E-state index is 10.8. The van der Waals surface area contributed by atoms with Crippen LogP contribution in [-0.4, -0.2) is 43.5 Å². The molecule has 0 aliphatic carbocycles. The molecule has 1 fully saturated rings. The minimum absolute atomic E-state index is 0.221. The van der Waals surface area contributed by atoms with Crippen LogP contribution in [0.4, 0.5) is 0 Å². The molecule has 0 unspecified atom stereocenters. The zero-order valence-electron chi connectivity index (χ0n) is 8.96. The van der Waals surface area contributed by atoms with Crippen molar-refractivity contribution in [1.29, 1.82) is 0 Å². The Morgan fingerprint density at radius 3 is 2.64 bits per heavy atom. The quantitative estimate of drug-likeness (QED) is 0.644. The maximum atomic E-state index is 10.8. The molecule has 1 amide bonds. The maximum Gasteiger partial charge on any atom is 0.231 e. The lowest BCUT2D eigenvalue weighted by Gasteiger charge is -2.28. The Bertz CT molecular complexity index is 178. The minimum atomic E-state index is -0.221. The first-order chi connectivity index (χ1) is 6.72. The Hall–Kier alpha value is -0.610. The SMILES string of the molecule is CCN(CC(N)=O)CC1CCNCC1. The molecule has 82 valence electrons. The summed E-state index contributed by atoms with van der Waals surface area (Å²) in [6.07, 6.45) is 2.44. The fourth-order valence-corrected chi connectivity index (χ4v) is 1.96. The van der Waals surface area contributed by atoms with Gasteiger partial charge in [0, 0.05) is 6.54 Å². The van der Waals surface area contributed by atoms with Crippen molar-refractivity contribution < 1.29 is 4.79 Å². The third-order valence-corrected chi connectivity index (χ3v) is 2.80. The topological polar surface area (TPSA) is 58.4 Å². The molecule has 0 bridgehead atoms. The van der Waals surface area contributed by atoms with Crippen molar-refractivity contribution in [2.75, 3.05) is 32.7 Å². The number of carbonyl (C=O) groups excluding carboxylic acids is 1. The lowest BCUT2D eigenvalue weighted by atomic mass is 9.97. The van der Waals surface area contributed by atoms with Crippen LogP contribution in [0.1, 0.15) is 19.8 Å². The number of piperidine rings is 1. The Balaban J connectivity index is 2.27. The van der Waals surface area contributed by atoms with Crippen LogP contribution < -0.4 is 11.1 Å². The number of nitrogens with zero attached hydrogens (tertiary/aromatic N) is 1. The van der Waals surface area contributed by atoms with Gasteiger partial charge in [-0.2, -0.15) is 0 Å². The van der Waals surface area contributed by atoms with E-state index >= 15 is 0 Å². The summed E-state index contributed by atoms with van der Waals surface area (Å²) in [6.45, 7) is 6.62. The van der Waals surface area contributed by atoms with E-state index in [9.17, 15) is 4.79 Å². The van der Waals surface area contributed by atoms with Crippen molar-refractivity contribution in [1.82, 2.24) is 10.2 Å². The molecular formula is C10H21N3O. The molecule has 1 rings (SSSR count). The zero-order valence-corrected chi connectivity index (χ0v) is 8.96. The standard InChI is InChI=1S/C10H21N3O/c1-2-13(8-10(11)14)7-9-3-5-12-6-4-9/h9,12H,2-8H2,1H3,(H2,11,14). The van der Waals surface area contributed by atoms with Crippen LogP contribution in [0.3, 0.4) is 0 Å². The van der Waals surface area contributed by atoms with Crippen molar-refractivity contribution in [3.8, 4) is 0 Å². The van der Waals surface area contributed by atoms with Gasteiger partial charge in [-0.05, 0) is 38.4 Å². The molecule has 0 aromatic carbocycles. The van der Waals surface area contributed by atoms with E-state index in [1.165, 1.54) is 12.8 Å². The van der Waals surface area contributed by atoms with Crippen molar-refractivity contribution in [3.05, 3.63) is 0 Å². The van der Waals surface area contributed by atoms with Crippen LogP contribution in [0.15, 0.2) is 0 Å². The smallest absolute Gasteiger partial charge is 0.231 e. The number of rotatable bonds is 5. The van der Waals surface area contributed by atoms with E-state index in [0.717, 1.165) is 32.1 Å². The predicted molar refractivity (Wildman–Crippen MR) is 56.9 cm³/mol. The van der Waals surface area contributed by atoms with Gasteiger partial charge in [-0.25, -0.2) is 0 Å². The van der Waals surface area contributed by atoms with Crippen molar-refractivity contribution in [2.45, 2.75) is 19.8 Å². The van der Waals surface area contributed by atoms with Gasteiger partial charge < -0.3 is 11.1 Å². The van der Waals surface area contributed by atoms with Crippen LogP contribution in [0, 0.1) is 5.92 Å². The van der Waals surface area contributed by atoms with Gasteiger partial charge in [0.1, 0.15) is 0 Å². The van der Waals surface area contributed by atoms with Gasteiger partial charge in [0.05, 0.1) is 6.54 Å². The number of likely N-dealkylation sites (N-methyl/N-ethyl adjacent to an activating group) is 1. The number of hydrogen-bond donors (Lipinski definition) is 2. The van der Waals surface area contributed by atoms with Gasteiger partial charge in [0.2, 0.25) is 5.91 Å². The molecule has 0 atom stereocenters. The molecule has 1 saturated heterocycles. The summed E-state index contributed by atoms with van der Waals surface area (Å²) in [7, 11) is 0. The van der Waals surface area contributed by atoms with Crippen LogP contribution in [0.25, 0.3) is 0 Å². The van der Waals surface area contributed by atoms with Gasteiger partial charge in [-0.3, -0.25) is 9.69 Å². The van der Waals surface area contributed by atoms with E-state index in [1.54, 1.807) is 0 Å². The van der Waals surface area contributed by atoms with E-state index in [2.05, 4.69) is 17.1 Å². The second-order valence-corrected chi connectivity index (χ2v) is 3.99. The number of primary amides is 1. The second-order valence-electron chi connectivity index (χ2n) is 3.99. The monoisotopic (exact) mass is 199 g/mol. The third kappa shape index (κ3) is 4.07. The first kappa shape index (κ1) is 11.5. The second kappa shape index (κ2) is 5.98. The molecule has 1 aliphatic rings. The summed E-state index contributed by atoms with van der Waals surface area (Å²) in [4.78, 5) is 12.9. The number of nitrogens with two attached hydrogens (primary N) is 1. The normalized spacial score (nSPS) is 18.7. The summed E-state index contributed by atoms with van der Waals surface area (Å²) >= 11 is 0. The van der Waals surface area contributed by atoms with Gasteiger partial charge in [0.25, 0.3) is 0 Å². The first-order valence-electron chi connectivity index (χ1n) is 5.43. The molecule has 4 heteroatoms. The summed E-state index contributed by atoms with van der Waals surface area (Å²) in [5, 5.41) is 3.34. The first-order valence-corrected chi connectivity index (χ1v) is 5.43. The lowest BCUT2D eigenvalue weighted by molar-refractivity contribution is -0.119. The molecule has 4 nitrogen and oxygen atoms in total. The highest BCUT2D eigenvalue weighted by atomic mass is 16.1. The fraction of sp³-hybridized carbons (Fsp3) is 0.900. The number of carbonyl (C=O) groups is 1. The van der Waals surface area contributed by atoms with E-state index in [1.807, 2.05) is 0 Å². The number of amides is 1. The summed E-state index contributed by atoms with van der Waals surface area (Å²) in [5.41, 5.74) is 5.18. The van der Waals surface area contributed by atoms with Crippen molar-refractivity contribution in [3.63, 3.8) is 0 Å². The van der Waals surface area contributed by atoms with Crippen LogP contribution in [-0.2, 0) is 4.79 Å². The van der Waals surface area contributed by atoms with Crippen molar-refractivity contribution >= 4 is 5.91 Å². The molecule has 1 aliphatic heterocycles. The van der Waals surface area contributed by atoms with E-state index in [0.29, 0.717) is 6.54 Å². The molecule has 0 aromatic heterocycles. The molecule has 0 saturated carbocycles. The zero-order chi connectivity index (χ0) is 10.4. The van der Waals surface area contributed by atoms with Gasteiger partial charge in [-0.1, -0.05) is 6.92 Å². The largest absolute Gasteiger partial charge is 0.369 e. The summed E-state index contributed by atoms with van der Waals surface area (Å²) < 4.78 is 0. The highest BCUT2D eigenvalue weighted by Gasteiger charge is 2.16. The molecule has 0 spiro atoms. The summed E-state index contributed by atoms with van der Waals surface area (Å²) in [6, 6.07) is 0. The highest BCUT2D eigenvalue weighted by Crippen LogP contribution is 2.12. The molecule has 0 aromatic rings. The van der Waals surface area contributed by atoms with Crippen LogP contribution >= 0.6 is 0 Å².